The molecule has 0 aliphatic carbocycles. The number of aromatic nitrogens is 1. The third kappa shape index (κ3) is 3.68. The molecular weight excluding hydrogens is 302 g/mol. The summed E-state index contributed by atoms with van der Waals surface area (Å²) in [6.45, 7) is 0. The highest BCUT2D eigenvalue weighted by molar-refractivity contribution is 7.91. The Morgan fingerprint density at radius 3 is 2.40 bits per heavy atom. The molecule has 1 saturated heterocycles. The summed E-state index contributed by atoms with van der Waals surface area (Å²) in [5.41, 5.74) is 0. The number of rotatable bonds is 4. The van der Waals surface area contributed by atoms with Crippen molar-refractivity contribution < 1.29 is 16.8 Å². The van der Waals surface area contributed by atoms with Crippen LogP contribution in [-0.4, -0.2) is 46.4 Å². The molecule has 9 heteroatoms. The Hall–Kier alpha value is -1.19. The monoisotopic (exact) mass is 319 g/mol. The molecule has 0 atom stereocenters. The normalized spacial score (nSPS) is 19.6. The lowest BCUT2D eigenvalue weighted by molar-refractivity contribution is 0.505. The SMILES string of the molecule is CNc1ccc(S(=O)(=O)NC2CCS(=O)(=O)CC2)cn1. The van der Waals surface area contributed by atoms with Crippen LogP contribution in [0.4, 0.5) is 5.82 Å². The summed E-state index contributed by atoms with van der Waals surface area (Å²) in [4.78, 5) is 4.03. The summed E-state index contributed by atoms with van der Waals surface area (Å²) >= 11 is 0. The second kappa shape index (κ2) is 5.66. The van der Waals surface area contributed by atoms with Gasteiger partial charge in [-0.15, -0.1) is 0 Å². The Labute approximate surface area is 118 Å². The van der Waals surface area contributed by atoms with E-state index < -0.39 is 19.9 Å². The van der Waals surface area contributed by atoms with E-state index in [0.717, 1.165) is 0 Å². The van der Waals surface area contributed by atoms with Crippen molar-refractivity contribution >= 4 is 25.7 Å². The Morgan fingerprint density at radius 1 is 1.25 bits per heavy atom. The zero-order chi connectivity index (χ0) is 14.8. The largest absolute Gasteiger partial charge is 0.373 e. The van der Waals surface area contributed by atoms with E-state index in [-0.39, 0.29) is 22.4 Å². The van der Waals surface area contributed by atoms with Crippen LogP contribution in [0.25, 0.3) is 0 Å². The molecule has 1 fully saturated rings. The van der Waals surface area contributed by atoms with Crippen LogP contribution in [0.5, 0.6) is 0 Å². The first kappa shape index (κ1) is 15.2. The predicted molar refractivity (Wildman–Crippen MR) is 75.8 cm³/mol. The lowest BCUT2D eigenvalue weighted by atomic mass is 10.2. The first-order valence-electron chi connectivity index (χ1n) is 6.19. The molecule has 0 aromatic carbocycles. The Bertz CT molecular complexity index is 654. The second-order valence-corrected chi connectivity index (χ2v) is 8.69. The molecular formula is C11H17N3O4S2. The quantitative estimate of drug-likeness (QED) is 0.808. The summed E-state index contributed by atoms with van der Waals surface area (Å²) in [5.74, 6) is 0.626. The Kier molecular flexibility index (Phi) is 4.31. The van der Waals surface area contributed by atoms with Crippen LogP contribution in [0.1, 0.15) is 12.8 Å². The van der Waals surface area contributed by atoms with Crippen molar-refractivity contribution in [3.8, 4) is 0 Å². The fourth-order valence-corrected chi connectivity index (χ4v) is 4.72. The van der Waals surface area contributed by atoms with E-state index in [9.17, 15) is 16.8 Å². The molecule has 1 aliphatic rings. The number of pyridine rings is 1. The predicted octanol–water partition coefficient (Wildman–Crippen LogP) is -0.0212. The molecule has 2 heterocycles. The van der Waals surface area contributed by atoms with Gasteiger partial charge < -0.3 is 5.32 Å². The first-order valence-corrected chi connectivity index (χ1v) is 9.49. The van der Waals surface area contributed by atoms with Crippen molar-refractivity contribution in [1.82, 2.24) is 9.71 Å². The first-order chi connectivity index (χ1) is 9.32. The van der Waals surface area contributed by atoms with Gasteiger partial charge in [0.1, 0.15) is 20.6 Å². The highest BCUT2D eigenvalue weighted by atomic mass is 32.2. The van der Waals surface area contributed by atoms with Crippen LogP contribution in [0.3, 0.4) is 0 Å². The van der Waals surface area contributed by atoms with Crippen molar-refractivity contribution in [3.05, 3.63) is 18.3 Å². The Morgan fingerprint density at radius 2 is 1.90 bits per heavy atom. The number of sulfone groups is 1. The molecule has 0 amide bonds. The number of nitrogens with zero attached hydrogens (tertiary/aromatic N) is 1. The van der Waals surface area contributed by atoms with Crippen LogP contribution >= 0.6 is 0 Å². The summed E-state index contributed by atoms with van der Waals surface area (Å²) in [6.07, 6.45) is 1.89. The van der Waals surface area contributed by atoms with Gasteiger partial charge >= 0.3 is 0 Å². The summed E-state index contributed by atoms with van der Waals surface area (Å²) in [5, 5.41) is 2.80. The molecule has 0 saturated carbocycles. The number of anilines is 1. The van der Waals surface area contributed by atoms with Gasteiger partial charge in [-0.05, 0) is 25.0 Å². The van der Waals surface area contributed by atoms with Gasteiger partial charge in [0.15, 0.2) is 0 Å². The van der Waals surface area contributed by atoms with E-state index in [1.165, 1.54) is 12.3 Å². The van der Waals surface area contributed by atoms with E-state index >= 15 is 0 Å². The molecule has 1 aromatic rings. The van der Waals surface area contributed by atoms with Crippen molar-refractivity contribution in [3.63, 3.8) is 0 Å². The van der Waals surface area contributed by atoms with Crippen molar-refractivity contribution in [1.29, 1.82) is 0 Å². The lowest BCUT2D eigenvalue weighted by Gasteiger charge is -2.22. The van der Waals surface area contributed by atoms with Gasteiger partial charge in [-0.3, -0.25) is 0 Å². The fraction of sp³-hybridized carbons (Fsp3) is 0.545. The van der Waals surface area contributed by atoms with E-state index in [2.05, 4.69) is 15.0 Å². The van der Waals surface area contributed by atoms with Gasteiger partial charge in [-0.1, -0.05) is 0 Å². The molecule has 7 nitrogen and oxygen atoms in total. The highest BCUT2D eigenvalue weighted by Crippen LogP contribution is 2.16. The number of nitrogens with one attached hydrogen (secondary N) is 2. The van der Waals surface area contributed by atoms with E-state index in [4.69, 9.17) is 0 Å². The number of hydrogen-bond donors (Lipinski definition) is 2. The van der Waals surface area contributed by atoms with E-state index in [1.54, 1.807) is 13.1 Å². The topological polar surface area (TPSA) is 105 Å². The van der Waals surface area contributed by atoms with Gasteiger partial charge in [0.25, 0.3) is 0 Å². The molecule has 2 rings (SSSR count). The van der Waals surface area contributed by atoms with Crippen LogP contribution in [0, 0.1) is 0 Å². The number of hydrogen-bond acceptors (Lipinski definition) is 6. The molecule has 0 spiro atoms. The molecule has 20 heavy (non-hydrogen) atoms. The Balaban J connectivity index is 2.07. The third-order valence-electron chi connectivity index (χ3n) is 3.18. The molecule has 1 aliphatic heterocycles. The molecule has 0 bridgehead atoms. The minimum atomic E-state index is -3.66. The van der Waals surface area contributed by atoms with E-state index in [1.807, 2.05) is 0 Å². The van der Waals surface area contributed by atoms with Crippen molar-refractivity contribution in [2.45, 2.75) is 23.8 Å². The smallest absolute Gasteiger partial charge is 0.242 e. The number of sulfonamides is 1. The standard InChI is InChI=1S/C11H17N3O4S2/c1-12-11-3-2-10(8-13-11)20(17,18)14-9-4-6-19(15,16)7-5-9/h2-3,8-9,14H,4-7H2,1H3,(H,12,13). The molecule has 0 radical (unpaired) electrons. The van der Waals surface area contributed by atoms with Crippen LogP contribution in [0.15, 0.2) is 23.2 Å². The highest BCUT2D eigenvalue weighted by Gasteiger charge is 2.27. The fourth-order valence-electron chi connectivity index (χ4n) is 1.98. The second-order valence-electron chi connectivity index (χ2n) is 4.68. The van der Waals surface area contributed by atoms with Gasteiger partial charge in [0.05, 0.1) is 11.5 Å². The maximum atomic E-state index is 12.1. The van der Waals surface area contributed by atoms with Crippen LogP contribution in [-0.2, 0) is 19.9 Å². The molecule has 2 N–H and O–H groups in total. The lowest BCUT2D eigenvalue weighted by Crippen LogP contribution is -2.40. The van der Waals surface area contributed by atoms with Crippen LogP contribution < -0.4 is 10.0 Å². The zero-order valence-corrected chi connectivity index (χ0v) is 12.7. The zero-order valence-electron chi connectivity index (χ0n) is 11.0. The van der Waals surface area contributed by atoms with Gasteiger partial charge in [0, 0.05) is 19.3 Å². The molecule has 0 unspecified atom stereocenters. The minimum absolute atomic E-state index is 0.0249. The molecule has 112 valence electrons. The summed E-state index contributed by atoms with van der Waals surface area (Å²) in [6, 6.07) is 2.69. The average molecular weight is 319 g/mol. The molecule has 1 aromatic heterocycles. The van der Waals surface area contributed by atoms with Crippen molar-refractivity contribution in [2.75, 3.05) is 23.9 Å². The average Bonchev–Trinajstić information content (AvgIpc) is 2.41. The van der Waals surface area contributed by atoms with E-state index in [0.29, 0.717) is 18.7 Å². The summed E-state index contributed by atoms with van der Waals surface area (Å²) in [7, 11) is -4.97. The maximum absolute atomic E-state index is 12.1. The third-order valence-corrected chi connectivity index (χ3v) is 6.40. The minimum Gasteiger partial charge on any atom is -0.373 e. The maximum Gasteiger partial charge on any atom is 0.242 e. The van der Waals surface area contributed by atoms with Crippen molar-refractivity contribution in [2.24, 2.45) is 0 Å². The summed E-state index contributed by atoms with van der Waals surface area (Å²) < 4.78 is 49.4. The van der Waals surface area contributed by atoms with Gasteiger partial charge in [0.2, 0.25) is 10.0 Å². The van der Waals surface area contributed by atoms with Crippen LogP contribution in [0.2, 0.25) is 0 Å². The van der Waals surface area contributed by atoms with Gasteiger partial charge in [-0.2, -0.15) is 0 Å². The van der Waals surface area contributed by atoms with Gasteiger partial charge in [-0.25, -0.2) is 26.5 Å².